The number of rotatable bonds is 13. The fourth-order valence-electron chi connectivity index (χ4n) is 2.38. The SMILES string of the molecule is C[N+](C)(CCO)CCCN(CC(O)CS(=O)(=O)[O-])S(=O)(=O)C(F)(F)C(F)(F)C(F)(F)F. The summed E-state index contributed by atoms with van der Waals surface area (Å²) in [4.78, 5) is 0. The minimum atomic E-state index is -7.02. The highest BCUT2D eigenvalue weighted by molar-refractivity contribution is 7.90. The lowest BCUT2D eigenvalue weighted by atomic mass is 10.3. The number of hydrogen-bond donors (Lipinski definition) is 2. The maximum Gasteiger partial charge on any atom is 0.461 e. The molecule has 0 fully saturated rings. The lowest BCUT2D eigenvalue weighted by Gasteiger charge is -2.34. The summed E-state index contributed by atoms with van der Waals surface area (Å²) < 4.78 is 147. The molecule has 0 aliphatic rings. The molecule has 188 valence electrons. The summed E-state index contributed by atoms with van der Waals surface area (Å²) in [6.07, 6.45) is -9.85. The molecule has 0 aliphatic carbocycles. The van der Waals surface area contributed by atoms with Gasteiger partial charge in [-0.25, -0.2) is 16.8 Å². The molecule has 0 aliphatic heterocycles. The van der Waals surface area contributed by atoms with Crippen molar-refractivity contribution >= 4 is 20.1 Å². The quantitative estimate of drug-likeness (QED) is 0.196. The van der Waals surface area contributed by atoms with E-state index in [1.165, 1.54) is 14.1 Å². The van der Waals surface area contributed by atoms with Gasteiger partial charge in [-0.2, -0.15) is 35.0 Å². The van der Waals surface area contributed by atoms with Gasteiger partial charge in [0, 0.05) is 19.5 Å². The van der Waals surface area contributed by atoms with Crippen LogP contribution in [0.3, 0.4) is 0 Å². The molecule has 2 N–H and O–H groups in total. The Bertz CT molecular complexity index is 802. The number of alkyl halides is 7. The maximum atomic E-state index is 13.9. The highest BCUT2D eigenvalue weighted by Crippen LogP contribution is 2.49. The number of likely N-dealkylation sites (N-methyl/N-ethyl adjacent to an activating group) is 1. The third-order valence-electron chi connectivity index (χ3n) is 4.07. The second kappa shape index (κ2) is 10.0. The average molecular weight is 516 g/mol. The molecule has 0 aromatic heterocycles. The minimum Gasteiger partial charge on any atom is -0.748 e. The van der Waals surface area contributed by atoms with Crippen LogP contribution in [0.4, 0.5) is 30.7 Å². The first-order valence-electron chi connectivity index (χ1n) is 8.38. The summed E-state index contributed by atoms with van der Waals surface area (Å²) in [5.74, 6) is -8.72. The number of quaternary nitrogens is 1. The van der Waals surface area contributed by atoms with Crippen molar-refractivity contribution < 1.29 is 66.8 Å². The topological polar surface area (TPSA) is 135 Å². The Morgan fingerprint density at radius 2 is 1.48 bits per heavy atom. The predicted molar refractivity (Wildman–Crippen MR) is 90.6 cm³/mol. The lowest BCUT2D eigenvalue weighted by molar-refractivity contribution is -0.890. The van der Waals surface area contributed by atoms with Crippen LogP contribution < -0.4 is 0 Å². The van der Waals surface area contributed by atoms with Gasteiger partial charge in [-0.1, -0.05) is 0 Å². The van der Waals surface area contributed by atoms with Crippen molar-refractivity contribution in [1.82, 2.24) is 4.31 Å². The van der Waals surface area contributed by atoms with Gasteiger partial charge < -0.3 is 19.2 Å². The summed E-state index contributed by atoms with van der Waals surface area (Å²) in [5, 5.41) is 11.7. The molecular weight excluding hydrogens is 493 g/mol. The van der Waals surface area contributed by atoms with Crippen LogP contribution in [0.2, 0.25) is 0 Å². The molecule has 0 rings (SSSR count). The molecule has 0 saturated heterocycles. The number of halogens is 7. The zero-order chi connectivity index (χ0) is 25.1. The first-order valence-corrected chi connectivity index (χ1v) is 11.4. The van der Waals surface area contributed by atoms with E-state index in [9.17, 15) is 57.2 Å². The second-order valence-corrected chi connectivity index (χ2v) is 10.7. The first-order chi connectivity index (χ1) is 13.5. The Labute approximate surface area is 174 Å². The zero-order valence-electron chi connectivity index (χ0n) is 16.3. The van der Waals surface area contributed by atoms with E-state index in [4.69, 9.17) is 5.11 Å². The van der Waals surface area contributed by atoms with Crippen molar-refractivity contribution in [2.75, 3.05) is 52.6 Å². The van der Waals surface area contributed by atoms with Crippen molar-refractivity contribution in [2.24, 2.45) is 0 Å². The van der Waals surface area contributed by atoms with E-state index >= 15 is 0 Å². The Morgan fingerprint density at radius 3 is 1.87 bits per heavy atom. The third-order valence-corrected chi connectivity index (χ3v) is 6.78. The first kappa shape index (κ1) is 30.2. The fourth-order valence-corrected chi connectivity index (χ4v) is 4.46. The molecule has 0 radical (unpaired) electrons. The van der Waals surface area contributed by atoms with Gasteiger partial charge in [-0.3, -0.25) is 0 Å². The molecular formula is C13H23F7N2O7S2. The van der Waals surface area contributed by atoms with Crippen LogP contribution in [0.1, 0.15) is 6.42 Å². The van der Waals surface area contributed by atoms with E-state index in [-0.39, 0.29) is 24.2 Å². The van der Waals surface area contributed by atoms with Crippen LogP contribution in [0, 0.1) is 0 Å². The van der Waals surface area contributed by atoms with E-state index < -0.39 is 73.2 Å². The van der Waals surface area contributed by atoms with Gasteiger partial charge in [0.05, 0.1) is 49.2 Å². The Hall–Kier alpha value is -0.790. The summed E-state index contributed by atoms with van der Waals surface area (Å²) in [5.41, 5.74) is 0. The molecule has 0 amide bonds. The molecule has 0 aromatic carbocycles. The van der Waals surface area contributed by atoms with Crippen molar-refractivity contribution in [3.63, 3.8) is 0 Å². The maximum absolute atomic E-state index is 13.9. The van der Waals surface area contributed by atoms with Crippen molar-refractivity contribution in [1.29, 1.82) is 0 Å². The van der Waals surface area contributed by atoms with E-state index in [0.29, 0.717) is 0 Å². The molecule has 31 heavy (non-hydrogen) atoms. The van der Waals surface area contributed by atoms with Crippen molar-refractivity contribution in [3.05, 3.63) is 0 Å². The van der Waals surface area contributed by atoms with E-state index in [1.807, 2.05) is 0 Å². The number of aliphatic hydroxyl groups excluding tert-OH is 2. The normalized spacial score (nSPS) is 16.0. The molecule has 0 spiro atoms. The second-order valence-electron chi connectivity index (χ2n) is 7.29. The van der Waals surface area contributed by atoms with Crippen LogP contribution in [-0.4, -0.2) is 116 Å². The van der Waals surface area contributed by atoms with E-state index in [0.717, 1.165) is 0 Å². The Morgan fingerprint density at radius 1 is 1.00 bits per heavy atom. The van der Waals surface area contributed by atoms with Gasteiger partial charge in [0.2, 0.25) is 0 Å². The molecule has 0 saturated carbocycles. The van der Waals surface area contributed by atoms with Gasteiger partial charge in [0.1, 0.15) is 6.54 Å². The summed E-state index contributed by atoms with van der Waals surface area (Å²) in [6, 6.07) is 0. The highest BCUT2D eigenvalue weighted by Gasteiger charge is 2.79. The van der Waals surface area contributed by atoms with E-state index in [1.54, 1.807) is 0 Å². The third kappa shape index (κ3) is 7.93. The van der Waals surface area contributed by atoms with Gasteiger partial charge in [-0.05, 0) is 0 Å². The molecule has 9 nitrogen and oxygen atoms in total. The van der Waals surface area contributed by atoms with Crippen molar-refractivity contribution in [3.8, 4) is 0 Å². The fraction of sp³-hybridized carbons (Fsp3) is 1.00. The molecule has 1 atom stereocenters. The van der Waals surface area contributed by atoms with Crippen LogP contribution in [-0.2, 0) is 20.1 Å². The van der Waals surface area contributed by atoms with Gasteiger partial charge >= 0.3 is 17.4 Å². The zero-order valence-corrected chi connectivity index (χ0v) is 18.0. The molecule has 0 aromatic rings. The molecule has 1 unspecified atom stereocenters. The Kier molecular flexibility index (Phi) is 9.75. The molecule has 0 bridgehead atoms. The summed E-state index contributed by atoms with van der Waals surface area (Å²) in [7, 11) is -9.03. The van der Waals surface area contributed by atoms with Gasteiger partial charge in [-0.15, -0.1) is 0 Å². The summed E-state index contributed by atoms with van der Waals surface area (Å²) >= 11 is 0. The smallest absolute Gasteiger partial charge is 0.461 e. The largest absolute Gasteiger partial charge is 0.748 e. The Balaban J connectivity index is 5.99. The monoisotopic (exact) mass is 516 g/mol. The predicted octanol–water partition coefficient (Wildman–Crippen LogP) is -0.226. The van der Waals surface area contributed by atoms with Crippen molar-refractivity contribution in [2.45, 2.75) is 29.9 Å². The van der Waals surface area contributed by atoms with Crippen LogP contribution >= 0.6 is 0 Å². The van der Waals surface area contributed by atoms with Gasteiger partial charge in [0.25, 0.3) is 10.0 Å². The van der Waals surface area contributed by atoms with Gasteiger partial charge in [0.15, 0.2) is 0 Å². The van der Waals surface area contributed by atoms with Crippen LogP contribution in [0.5, 0.6) is 0 Å². The van der Waals surface area contributed by atoms with Crippen LogP contribution in [0.15, 0.2) is 0 Å². The number of nitrogens with zero attached hydrogens (tertiary/aromatic N) is 2. The number of sulfonamides is 1. The number of aliphatic hydroxyl groups is 2. The summed E-state index contributed by atoms with van der Waals surface area (Å²) in [6.45, 7) is -3.10. The molecule has 18 heteroatoms. The van der Waals surface area contributed by atoms with E-state index in [2.05, 4.69) is 0 Å². The lowest BCUT2D eigenvalue weighted by Crippen LogP contribution is -2.60. The minimum absolute atomic E-state index is 0.0308. The van der Waals surface area contributed by atoms with Crippen LogP contribution in [0.25, 0.3) is 0 Å². The highest BCUT2D eigenvalue weighted by atomic mass is 32.2. The number of hydrogen-bond acceptors (Lipinski definition) is 7. The standard InChI is InChI=1S/C13H23F7N2O7S2/c1-22(2,6-7-23)5-3-4-21(8-10(24)9-30(25,26)27)31(28,29)13(19,20)11(14,15)12(16,17)18/h10,23-24H,3-9H2,1-2H3. The molecule has 0 heterocycles. The average Bonchev–Trinajstić information content (AvgIpc) is 2.50.